The number of urea groups is 1. The molecule has 1 fully saturated rings. The highest BCUT2D eigenvalue weighted by Gasteiger charge is 2.16. The van der Waals surface area contributed by atoms with Crippen molar-refractivity contribution in [3.05, 3.63) is 30.5 Å². The summed E-state index contributed by atoms with van der Waals surface area (Å²) in [5.74, 6) is 0.741. The van der Waals surface area contributed by atoms with Crippen molar-refractivity contribution in [2.75, 3.05) is 39.5 Å². The van der Waals surface area contributed by atoms with E-state index >= 15 is 0 Å². The second-order valence-electron chi connectivity index (χ2n) is 5.78. The zero-order valence-electron chi connectivity index (χ0n) is 13.5. The first-order valence-electron chi connectivity index (χ1n) is 8.21. The number of ether oxygens (including phenoxy) is 2. The van der Waals surface area contributed by atoms with Crippen LogP contribution < -0.4 is 10.1 Å². The predicted molar refractivity (Wildman–Crippen MR) is 90.2 cm³/mol. The molecule has 2 heterocycles. The normalized spacial score (nSPS) is 16.1. The number of morpholine rings is 1. The standard InChI is InChI=1S/C17H23N3O4/c21-13(4-6-19-17(22)20-8-10-23-11-9-20)12-24-16-3-1-2-15-14(16)5-7-18-15/h1-3,5,7,13,18,21H,4,6,8-12H2,(H,19,22)/t13-/m0/s1. The number of aliphatic hydroxyl groups is 1. The molecule has 0 aliphatic carbocycles. The fraction of sp³-hybridized carbons (Fsp3) is 0.471. The zero-order chi connectivity index (χ0) is 16.8. The number of nitrogens with one attached hydrogen (secondary N) is 2. The molecule has 0 radical (unpaired) electrons. The van der Waals surface area contributed by atoms with E-state index in [1.54, 1.807) is 4.90 Å². The molecule has 2 aromatic rings. The summed E-state index contributed by atoms with van der Waals surface area (Å²) in [5.41, 5.74) is 1.000. The largest absolute Gasteiger partial charge is 0.490 e. The molecular weight excluding hydrogens is 310 g/mol. The zero-order valence-corrected chi connectivity index (χ0v) is 13.5. The van der Waals surface area contributed by atoms with Crippen molar-refractivity contribution in [2.24, 2.45) is 0 Å². The minimum absolute atomic E-state index is 0.108. The van der Waals surface area contributed by atoms with Gasteiger partial charge in [0.05, 0.1) is 19.3 Å². The molecule has 130 valence electrons. The molecule has 1 aliphatic heterocycles. The van der Waals surface area contributed by atoms with Crippen LogP contribution in [0.25, 0.3) is 10.9 Å². The lowest BCUT2D eigenvalue weighted by molar-refractivity contribution is 0.0525. The highest BCUT2D eigenvalue weighted by molar-refractivity contribution is 5.85. The van der Waals surface area contributed by atoms with Crippen LogP contribution >= 0.6 is 0 Å². The number of carbonyl (C=O) groups is 1. The Labute approximate surface area is 140 Å². The van der Waals surface area contributed by atoms with Crippen LogP contribution in [-0.4, -0.2) is 66.6 Å². The van der Waals surface area contributed by atoms with Crippen LogP contribution in [0, 0.1) is 0 Å². The van der Waals surface area contributed by atoms with E-state index in [1.807, 2.05) is 30.5 Å². The fourth-order valence-electron chi connectivity index (χ4n) is 2.68. The Bertz CT molecular complexity index is 667. The quantitative estimate of drug-likeness (QED) is 0.744. The molecule has 0 saturated carbocycles. The van der Waals surface area contributed by atoms with Gasteiger partial charge in [0.1, 0.15) is 12.4 Å². The van der Waals surface area contributed by atoms with Gasteiger partial charge in [0, 0.05) is 36.7 Å². The van der Waals surface area contributed by atoms with E-state index in [2.05, 4.69) is 10.3 Å². The Balaban J connectivity index is 1.39. The Kier molecular flexibility index (Phi) is 5.55. The molecule has 3 N–H and O–H groups in total. The summed E-state index contributed by atoms with van der Waals surface area (Å²) in [7, 11) is 0. The Hall–Kier alpha value is -2.25. The van der Waals surface area contributed by atoms with Gasteiger partial charge in [-0.05, 0) is 24.6 Å². The van der Waals surface area contributed by atoms with Crippen LogP contribution in [0.2, 0.25) is 0 Å². The lowest BCUT2D eigenvalue weighted by Gasteiger charge is -2.27. The number of carbonyl (C=O) groups excluding carboxylic acids is 1. The molecule has 1 aromatic carbocycles. The van der Waals surface area contributed by atoms with Gasteiger partial charge in [0.2, 0.25) is 0 Å². The minimum atomic E-state index is -0.635. The number of H-pyrrole nitrogens is 1. The molecule has 1 aromatic heterocycles. The number of nitrogens with zero attached hydrogens (tertiary/aromatic N) is 1. The van der Waals surface area contributed by atoms with Crippen molar-refractivity contribution >= 4 is 16.9 Å². The van der Waals surface area contributed by atoms with E-state index < -0.39 is 6.10 Å². The molecule has 3 rings (SSSR count). The topological polar surface area (TPSA) is 86.8 Å². The van der Waals surface area contributed by atoms with Crippen LogP contribution in [0.5, 0.6) is 5.75 Å². The number of fused-ring (bicyclic) bond motifs is 1. The number of aromatic nitrogens is 1. The minimum Gasteiger partial charge on any atom is -0.490 e. The molecular formula is C17H23N3O4. The van der Waals surface area contributed by atoms with Crippen molar-refractivity contribution < 1.29 is 19.4 Å². The highest BCUT2D eigenvalue weighted by Crippen LogP contribution is 2.24. The SMILES string of the molecule is O=C(NCC[C@H](O)COc1cccc2[nH]ccc12)N1CCOCC1. The molecule has 7 nitrogen and oxygen atoms in total. The molecule has 1 aliphatic rings. The summed E-state index contributed by atoms with van der Waals surface area (Å²) in [6, 6.07) is 7.59. The third-order valence-corrected chi connectivity index (χ3v) is 4.04. The van der Waals surface area contributed by atoms with Crippen molar-refractivity contribution in [3.8, 4) is 5.75 Å². The summed E-state index contributed by atoms with van der Waals surface area (Å²) in [5, 5.41) is 13.8. The number of hydrogen-bond acceptors (Lipinski definition) is 4. The number of hydrogen-bond donors (Lipinski definition) is 3. The van der Waals surface area contributed by atoms with Crippen molar-refractivity contribution in [2.45, 2.75) is 12.5 Å². The smallest absolute Gasteiger partial charge is 0.317 e. The maximum atomic E-state index is 11.9. The van der Waals surface area contributed by atoms with Gasteiger partial charge >= 0.3 is 6.03 Å². The molecule has 24 heavy (non-hydrogen) atoms. The third-order valence-electron chi connectivity index (χ3n) is 4.04. The first-order valence-corrected chi connectivity index (χ1v) is 8.21. The monoisotopic (exact) mass is 333 g/mol. The highest BCUT2D eigenvalue weighted by atomic mass is 16.5. The maximum absolute atomic E-state index is 11.9. The van der Waals surface area contributed by atoms with Gasteiger partial charge in [0.15, 0.2) is 0 Å². The summed E-state index contributed by atoms with van der Waals surface area (Å²) < 4.78 is 10.9. The Morgan fingerprint density at radius 1 is 1.38 bits per heavy atom. The van der Waals surface area contributed by atoms with Crippen molar-refractivity contribution in [3.63, 3.8) is 0 Å². The number of amides is 2. The van der Waals surface area contributed by atoms with Crippen molar-refractivity contribution in [1.82, 2.24) is 15.2 Å². The van der Waals surface area contributed by atoms with Gasteiger partial charge in [-0.2, -0.15) is 0 Å². The van der Waals surface area contributed by atoms with Gasteiger partial charge in [0.25, 0.3) is 0 Å². The third kappa shape index (κ3) is 4.18. The summed E-state index contributed by atoms with van der Waals surface area (Å²) >= 11 is 0. The second-order valence-corrected chi connectivity index (χ2v) is 5.78. The molecule has 1 saturated heterocycles. The van der Waals surface area contributed by atoms with Gasteiger partial charge in [-0.3, -0.25) is 0 Å². The number of aromatic amines is 1. The average molecular weight is 333 g/mol. The summed E-state index contributed by atoms with van der Waals surface area (Å²) in [6.07, 6.45) is 1.66. The first kappa shape index (κ1) is 16.6. The van der Waals surface area contributed by atoms with E-state index in [0.717, 1.165) is 16.7 Å². The van der Waals surface area contributed by atoms with Crippen LogP contribution in [0.15, 0.2) is 30.5 Å². The van der Waals surface area contributed by atoms with Crippen LogP contribution in [0.1, 0.15) is 6.42 Å². The molecule has 0 spiro atoms. The summed E-state index contributed by atoms with van der Waals surface area (Å²) in [6.45, 7) is 2.98. The molecule has 2 amide bonds. The lowest BCUT2D eigenvalue weighted by Crippen LogP contribution is -2.46. The fourth-order valence-corrected chi connectivity index (χ4v) is 2.68. The maximum Gasteiger partial charge on any atom is 0.317 e. The molecule has 0 bridgehead atoms. The summed E-state index contributed by atoms with van der Waals surface area (Å²) in [4.78, 5) is 16.8. The van der Waals surface area contributed by atoms with Gasteiger partial charge in [-0.1, -0.05) is 6.07 Å². The first-order chi connectivity index (χ1) is 11.7. The Morgan fingerprint density at radius 2 is 2.21 bits per heavy atom. The Morgan fingerprint density at radius 3 is 3.04 bits per heavy atom. The van der Waals surface area contributed by atoms with Crippen LogP contribution in [-0.2, 0) is 4.74 Å². The number of benzene rings is 1. The van der Waals surface area contributed by atoms with Crippen LogP contribution in [0.4, 0.5) is 4.79 Å². The predicted octanol–water partition coefficient (Wildman–Crippen LogP) is 1.34. The number of rotatable bonds is 6. The second kappa shape index (κ2) is 8.03. The van der Waals surface area contributed by atoms with Gasteiger partial charge < -0.3 is 29.8 Å². The van der Waals surface area contributed by atoms with Crippen LogP contribution in [0.3, 0.4) is 0 Å². The van der Waals surface area contributed by atoms with E-state index in [9.17, 15) is 9.90 Å². The van der Waals surface area contributed by atoms with Gasteiger partial charge in [-0.15, -0.1) is 0 Å². The van der Waals surface area contributed by atoms with E-state index in [1.165, 1.54) is 0 Å². The van der Waals surface area contributed by atoms with Crippen molar-refractivity contribution in [1.29, 1.82) is 0 Å². The molecule has 0 unspecified atom stereocenters. The average Bonchev–Trinajstić information content (AvgIpc) is 3.10. The van der Waals surface area contributed by atoms with E-state index in [0.29, 0.717) is 39.3 Å². The van der Waals surface area contributed by atoms with E-state index in [4.69, 9.17) is 9.47 Å². The lowest BCUT2D eigenvalue weighted by atomic mass is 10.2. The molecule has 7 heteroatoms. The number of aliphatic hydroxyl groups excluding tert-OH is 1. The molecule has 1 atom stereocenters. The van der Waals surface area contributed by atoms with E-state index in [-0.39, 0.29) is 12.6 Å². The van der Waals surface area contributed by atoms with Gasteiger partial charge in [-0.25, -0.2) is 4.79 Å².